The second kappa shape index (κ2) is 8.57. The van der Waals surface area contributed by atoms with Crippen molar-refractivity contribution in [3.8, 4) is 0 Å². The first-order valence-electron chi connectivity index (χ1n) is 10.9. The summed E-state index contributed by atoms with van der Waals surface area (Å²) in [5.74, 6) is -0.0392. The Bertz CT molecular complexity index is 894. The summed E-state index contributed by atoms with van der Waals surface area (Å²) in [6.07, 6.45) is 7.23. The van der Waals surface area contributed by atoms with E-state index in [1.54, 1.807) is 6.92 Å². The number of carbonyl (C=O) groups excluding carboxylic acids is 2. The highest BCUT2D eigenvalue weighted by Gasteiger charge is 2.27. The molecule has 4 N–H and O–H groups in total. The zero-order chi connectivity index (χ0) is 20.4. The van der Waals surface area contributed by atoms with Gasteiger partial charge in [0.05, 0.1) is 6.10 Å². The molecule has 1 atom stereocenters. The van der Waals surface area contributed by atoms with Crippen LogP contribution in [0.5, 0.6) is 0 Å². The van der Waals surface area contributed by atoms with Gasteiger partial charge in [-0.05, 0) is 82.1 Å². The summed E-state index contributed by atoms with van der Waals surface area (Å²) in [5, 5.41) is 16.4. The predicted molar refractivity (Wildman–Crippen MR) is 113 cm³/mol. The van der Waals surface area contributed by atoms with Crippen LogP contribution in [0.25, 0.3) is 10.9 Å². The van der Waals surface area contributed by atoms with Crippen molar-refractivity contribution in [1.29, 1.82) is 0 Å². The zero-order valence-electron chi connectivity index (χ0n) is 17.1. The number of aromatic amines is 1. The maximum absolute atomic E-state index is 12.8. The fraction of sp³-hybridized carbons (Fsp3) is 0.565. The molecule has 1 saturated carbocycles. The number of fused-ring (bicyclic) bond motifs is 3. The van der Waals surface area contributed by atoms with Crippen LogP contribution in [0, 0.1) is 5.92 Å². The molecule has 0 bridgehead atoms. The number of aromatic nitrogens is 1. The second-order valence-electron chi connectivity index (χ2n) is 8.67. The van der Waals surface area contributed by atoms with Crippen molar-refractivity contribution in [2.45, 2.75) is 70.4 Å². The number of aryl methyl sites for hydroxylation is 2. The summed E-state index contributed by atoms with van der Waals surface area (Å²) in [5.41, 5.74) is 4.54. The van der Waals surface area contributed by atoms with Crippen molar-refractivity contribution in [3.05, 3.63) is 35.0 Å². The molecule has 4 rings (SSSR count). The highest BCUT2D eigenvalue weighted by molar-refractivity contribution is 5.99. The third-order valence-corrected chi connectivity index (χ3v) is 6.37. The lowest BCUT2D eigenvalue weighted by Crippen LogP contribution is -2.42. The lowest BCUT2D eigenvalue weighted by atomic mass is 9.85. The summed E-state index contributed by atoms with van der Waals surface area (Å²) in [4.78, 5) is 28.5. The summed E-state index contributed by atoms with van der Waals surface area (Å²) in [7, 11) is 0. The molecule has 1 aromatic carbocycles. The van der Waals surface area contributed by atoms with Gasteiger partial charge in [-0.1, -0.05) is 0 Å². The number of hydrogen-bond acceptors (Lipinski definition) is 3. The molecule has 2 aromatic rings. The van der Waals surface area contributed by atoms with Crippen LogP contribution in [0.1, 0.15) is 67.1 Å². The number of aliphatic hydroxyl groups is 1. The minimum absolute atomic E-state index is 0.0124. The average molecular weight is 398 g/mol. The largest absolute Gasteiger partial charge is 0.392 e. The first-order chi connectivity index (χ1) is 14.0. The molecule has 0 saturated heterocycles. The Morgan fingerprint density at radius 3 is 2.69 bits per heavy atom. The number of hydrogen-bond donors (Lipinski definition) is 4. The van der Waals surface area contributed by atoms with Gasteiger partial charge in [-0.2, -0.15) is 0 Å². The Morgan fingerprint density at radius 2 is 1.93 bits per heavy atom. The van der Waals surface area contributed by atoms with E-state index in [1.165, 1.54) is 29.5 Å². The van der Waals surface area contributed by atoms with Gasteiger partial charge in [0.15, 0.2) is 0 Å². The number of rotatable bonds is 5. The van der Waals surface area contributed by atoms with E-state index < -0.39 is 6.10 Å². The van der Waals surface area contributed by atoms with Crippen molar-refractivity contribution in [3.63, 3.8) is 0 Å². The quantitative estimate of drug-likeness (QED) is 0.625. The van der Waals surface area contributed by atoms with Gasteiger partial charge in [0.1, 0.15) is 0 Å². The molecule has 1 fully saturated rings. The van der Waals surface area contributed by atoms with E-state index in [2.05, 4.69) is 15.6 Å². The summed E-state index contributed by atoms with van der Waals surface area (Å²) >= 11 is 0. The SMILES string of the molecule is C[C@H](O)CNC(=O)C1CCC(NC(=O)c2ccc3[nH]c4c(c3c2)CCCC4)CC1. The van der Waals surface area contributed by atoms with Crippen LogP contribution in [-0.4, -0.2) is 40.6 Å². The topological polar surface area (TPSA) is 94.2 Å². The molecule has 0 radical (unpaired) electrons. The van der Waals surface area contributed by atoms with Gasteiger partial charge in [-0.25, -0.2) is 0 Å². The minimum Gasteiger partial charge on any atom is -0.392 e. The maximum atomic E-state index is 12.8. The molecule has 2 aliphatic rings. The summed E-state index contributed by atoms with van der Waals surface area (Å²) in [6, 6.07) is 6.06. The van der Waals surface area contributed by atoms with E-state index in [9.17, 15) is 14.7 Å². The van der Waals surface area contributed by atoms with E-state index >= 15 is 0 Å². The van der Waals surface area contributed by atoms with Crippen LogP contribution in [-0.2, 0) is 17.6 Å². The van der Waals surface area contributed by atoms with Gasteiger partial charge in [-0.15, -0.1) is 0 Å². The average Bonchev–Trinajstić information content (AvgIpc) is 3.10. The van der Waals surface area contributed by atoms with Crippen LogP contribution in [0.4, 0.5) is 0 Å². The molecule has 1 heterocycles. The van der Waals surface area contributed by atoms with Gasteiger partial charge >= 0.3 is 0 Å². The second-order valence-corrected chi connectivity index (χ2v) is 8.67. The summed E-state index contributed by atoms with van der Waals surface area (Å²) in [6.45, 7) is 1.95. The van der Waals surface area contributed by atoms with Crippen molar-refractivity contribution >= 4 is 22.7 Å². The molecule has 6 heteroatoms. The standard InChI is InChI=1S/C23H31N3O3/c1-14(27)13-24-22(28)15-6-9-17(10-7-15)25-23(29)16-8-11-21-19(12-16)18-4-2-3-5-20(18)26-21/h8,11-12,14-15,17,26-27H,2-7,9-10,13H2,1H3,(H,24,28)(H,25,29)/t14-,15?,17?/m0/s1. The van der Waals surface area contributed by atoms with E-state index in [-0.39, 0.29) is 23.8 Å². The first-order valence-corrected chi connectivity index (χ1v) is 10.9. The van der Waals surface area contributed by atoms with Crippen LogP contribution in [0.15, 0.2) is 18.2 Å². The molecule has 0 unspecified atom stereocenters. The number of H-pyrrole nitrogens is 1. The monoisotopic (exact) mass is 397 g/mol. The molecule has 29 heavy (non-hydrogen) atoms. The lowest BCUT2D eigenvalue weighted by molar-refractivity contribution is -0.126. The molecular formula is C23H31N3O3. The third kappa shape index (κ3) is 4.47. The first kappa shape index (κ1) is 20.0. The van der Waals surface area contributed by atoms with Gasteiger partial charge in [-0.3, -0.25) is 9.59 Å². The Hall–Kier alpha value is -2.34. The van der Waals surface area contributed by atoms with Gasteiger partial charge in [0, 0.05) is 40.7 Å². The van der Waals surface area contributed by atoms with Crippen LogP contribution in [0.2, 0.25) is 0 Å². The van der Waals surface area contributed by atoms with Crippen molar-refractivity contribution < 1.29 is 14.7 Å². The Kier molecular flexibility index (Phi) is 5.90. The molecule has 156 valence electrons. The van der Waals surface area contributed by atoms with Crippen molar-refractivity contribution in [1.82, 2.24) is 15.6 Å². The number of nitrogens with one attached hydrogen (secondary N) is 3. The number of carbonyl (C=O) groups is 2. The van der Waals surface area contributed by atoms with Crippen LogP contribution >= 0.6 is 0 Å². The number of amides is 2. The van der Waals surface area contributed by atoms with E-state index in [4.69, 9.17) is 0 Å². The molecule has 0 aliphatic heterocycles. The molecule has 0 spiro atoms. The molecule has 1 aromatic heterocycles. The van der Waals surface area contributed by atoms with Gasteiger partial charge in [0.2, 0.25) is 5.91 Å². The van der Waals surface area contributed by atoms with Crippen molar-refractivity contribution in [2.24, 2.45) is 5.92 Å². The number of aliphatic hydroxyl groups excluding tert-OH is 1. The molecule has 6 nitrogen and oxygen atoms in total. The van der Waals surface area contributed by atoms with Crippen LogP contribution < -0.4 is 10.6 Å². The lowest BCUT2D eigenvalue weighted by Gasteiger charge is -2.28. The molecule has 2 aliphatic carbocycles. The smallest absolute Gasteiger partial charge is 0.251 e. The fourth-order valence-electron chi connectivity index (χ4n) is 4.71. The van der Waals surface area contributed by atoms with Gasteiger partial charge in [0.25, 0.3) is 5.91 Å². The van der Waals surface area contributed by atoms with Crippen molar-refractivity contribution in [2.75, 3.05) is 6.54 Å². The minimum atomic E-state index is -0.530. The fourth-order valence-corrected chi connectivity index (χ4v) is 4.71. The van der Waals surface area contributed by atoms with E-state index in [0.29, 0.717) is 12.1 Å². The zero-order valence-corrected chi connectivity index (χ0v) is 17.1. The van der Waals surface area contributed by atoms with E-state index in [1.807, 2.05) is 18.2 Å². The third-order valence-electron chi connectivity index (χ3n) is 6.37. The highest BCUT2D eigenvalue weighted by atomic mass is 16.3. The molecule has 2 amide bonds. The Labute approximate surface area is 171 Å². The molecular weight excluding hydrogens is 366 g/mol. The Balaban J connectivity index is 1.35. The van der Waals surface area contributed by atoms with Crippen LogP contribution in [0.3, 0.4) is 0 Å². The predicted octanol–water partition coefficient (Wildman–Crippen LogP) is 2.83. The Morgan fingerprint density at radius 1 is 1.17 bits per heavy atom. The normalized spacial score (nSPS) is 22.7. The summed E-state index contributed by atoms with van der Waals surface area (Å²) < 4.78 is 0. The number of benzene rings is 1. The highest BCUT2D eigenvalue weighted by Crippen LogP contribution is 2.30. The van der Waals surface area contributed by atoms with E-state index in [0.717, 1.165) is 44.0 Å². The maximum Gasteiger partial charge on any atom is 0.251 e. The van der Waals surface area contributed by atoms with Gasteiger partial charge < -0.3 is 20.7 Å².